The summed E-state index contributed by atoms with van der Waals surface area (Å²) in [5.74, 6) is 0.297. The minimum absolute atomic E-state index is 0.0881. The van der Waals surface area contributed by atoms with E-state index in [4.69, 9.17) is 8.97 Å². The van der Waals surface area contributed by atoms with Gasteiger partial charge in [0.15, 0.2) is 12.0 Å². The van der Waals surface area contributed by atoms with E-state index in [-0.39, 0.29) is 22.0 Å². The molecule has 2 rings (SSSR count). The molecule has 0 atom stereocenters. The number of hydrogen-bond donors (Lipinski definition) is 1. The van der Waals surface area contributed by atoms with Gasteiger partial charge in [0.05, 0.1) is 0 Å². The molecule has 6 heteroatoms. The average Bonchev–Trinajstić information content (AvgIpc) is 2.76. The van der Waals surface area contributed by atoms with Crippen molar-refractivity contribution < 1.29 is 22.2 Å². The van der Waals surface area contributed by atoms with Crippen LogP contribution in [0.5, 0.6) is 0 Å². The highest BCUT2D eigenvalue weighted by atomic mass is 32.2. The Morgan fingerprint density at radius 3 is 2.41 bits per heavy atom. The first-order chi connectivity index (χ1) is 8.02. The van der Waals surface area contributed by atoms with Gasteiger partial charge in [-0.05, 0) is 24.3 Å². The average molecular weight is 252 g/mol. The smallest absolute Gasteiger partial charge is 0.295 e. The van der Waals surface area contributed by atoms with Crippen molar-refractivity contribution in [1.82, 2.24) is 0 Å². The van der Waals surface area contributed by atoms with Crippen LogP contribution in [0.2, 0.25) is 0 Å². The highest BCUT2D eigenvalue weighted by Gasteiger charge is 2.17. The third kappa shape index (κ3) is 2.27. The van der Waals surface area contributed by atoms with Crippen molar-refractivity contribution in [2.24, 2.45) is 0 Å². The molecule has 0 aliphatic rings. The Bertz CT molecular complexity index is 654. The van der Waals surface area contributed by atoms with Gasteiger partial charge in [-0.2, -0.15) is 8.42 Å². The molecule has 0 aliphatic heterocycles. The fourth-order valence-corrected chi connectivity index (χ4v) is 2.15. The van der Waals surface area contributed by atoms with Crippen molar-refractivity contribution in [2.75, 3.05) is 0 Å². The van der Waals surface area contributed by atoms with E-state index in [1.54, 1.807) is 6.07 Å². The maximum Gasteiger partial charge on any atom is 0.295 e. The fraction of sp³-hybridized carbons (Fsp3) is 0. The normalized spacial score (nSPS) is 11.4. The molecule has 1 aromatic heterocycles. The minimum Gasteiger partial charge on any atom is -0.453 e. The molecule has 0 saturated heterocycles. The van der Waals surface area contributed by atoms with Crippen LogP contribution in [0.15, 0.2) is 45.7 Å². The van der Waals surface area contributed by atoms with Gasteiger partial charge in [0.2, 0.25) is 0 Å². The Hall–Kier alpha value is -1.92. The van der Waals surface area contributed by atoms with Gasteiger partial charge < -0.3 is 4.42 Å². The van der Waals surface area contributed by atoms with E-state index in [1.165, 1.54) is 30.3 Å². The number of rotatable bonds is 3. The maximum atomic E-state index is 11.1. The summed E-state index contributed by atoms with van der Waals surface area (Å²) < 4.78 is 36.5. The zero-order valence-corrected chi connectivity index (χ0v) is 9.35. The molecule has 0 fully saturated rings. The maximum absolute atomic E-state index is 11.1. The molecule has 0 unspecified atom stereocenters. The van der Waals surface area contributed by atoms with E-state index in [0.717, 1.165) is 0 Å². The summed E-state index contributed by atoms with van der Waals surface area (Å²) in [6.45, 7) is 0. The lowest BCUT2D eigenvalue weighted by Crippen LogP contribution is -1.99. The van der Waals surface area contributed by atoms with Crippen LogP contribution in [0.1, 0.15) is 10.6 Å². The molecule has 0 aliphatic carbocycles. The third-order valence-electron chi connectivity index (χ3n) is 2.17. The number of furan rings is 1. The molecule has 0 amide bonds. The first-order valence-electron chi connectivity index (χ1n) is 4.64. The van der Waals surface area contributed by atoms with Crippen molar-refractivity contribution in [3.63, 3.8) is 0 Å². The Labute approximate surface area is 97.4 Å². The molecule has 1 heterocycles. The summed E-state index contributed by atoms with van der Waals surface area (Å²) in [4.78, 5) is 10.2. The second kappa shape index (κ2) is 4.15. The highest BCUT2D eigenvalue weighted by molar-refractivity contribution is 7.86. The first kappa shape index (κ1) is 11.6. The van der Waals surface area contributed by atoms with Gasteiger partial charge in [-0.3, -0.25) is 9.35 Å². The van der Waals surface area contributed by atoms with E-state index in [9.17, 15) is 13.2 Å². The second-order valence-corrected chi connectivity index (χ2v) is 4.68. The summed E-state index contributed by atoms with van der Waals surface area (Å²) in [7, 11) is -4.33. The molecule has 0 bridgehead atoms. The number of carbonyl (C=O) groups excluding carboxylic acids is 1. The molecule has 17 heavy (non-hydrogen) atoms. The quantitative estimate of drug-likeness (QED) is 0.667. The van der Waals surface area contributed by atoms with Crippen LogP contribution < -0.4 is 0 Å². The topological polar surface area (TPSA) is 84.6 Å². The van der Waals surface area contributed by atoms with Gasteiger partial charge >= 0.3 is 0 Å². The van der Waals surface area contributed by atoms with Gasteiger partial charge in [-0.15, -0.1) is 0 Å². The van der Waals surface area contributed by atoms with Gasteiger partial charge in [-0.25, -0.2) is 0 Å². The molecule has 0 saturated carbocycles. The van der Waals surface area contributed by atoms with Crippen LogP contribution in [0.3, 0.4) is 0 Å². The summed E-state index contributed by atoms with van der Waals surface area (Å²) >= 11 is 0. The zero-order chi connectivity index (χ0) is 12.5. The lowest BCUT2D eigenvalue weighted by atomic mass is 10.2. The Kier molecular flexibility index (Phi) is 2.83. The molecule has 2 aromatic rings. The van der Waals surface area contributed by atoms with E-state index in [2.05, 4.69) is 0 Å². The van der Waals surface area contributed by atoms with Gasteiger partial charge in [0, 0.05) is 5.56 Å². The number of hydrogen-bond acceptors (Lipinski definition) is 4. The number of aldehydes is 1. The molecular weight excluding hydrogens is 244 g/mol. The van der Waals surface area contributed by atoms with Gasteiger partial charge in [0.1, 0.15) is 10.7 Å². The van der Waals surface area contributed by atoms with Crippen LogP contribution in [0.25, 0.3) is 11.3 Å². The van der Waals surface area contributed by atoms with Crippen LogP contribution in [-0.4, -0.2) is 19.3 Å². The van der Waals surface area contributed by atoms with Crippen molar-refractivity contribution in [3.05, 3.63) is 42.2 Å². The lowest BCUT2D eigenvalue weighted by Gasteiger charge is -2.03. The summed E-state index contributed by atoms with van der Waals surface area (Å²) in [6.07, 6.45) is 0.513. The molecule has 5 nitrogen and oxygen atoms in total. The summed E-state index contributed by atoms with van der Waals surface area (Å²) in [6, 6.07) is 8.71. The SMILES string of the molecule is O=Cc1ccc(-c2ccccc2S(=O)(=O)O)o1. The van der Waals surface area contributed by atoms with Gasteiger partial charge in [-0.1, -0.05) is 12.1 Å². The van der Waals surface area contributed by atoms with E-state index < -0.39 is 10.1 Å². The van der Waals surface area contributed by atoms with Gasteiger partial charge in [0.25, 0.3) is 10.1 Å². The van der Waals surface area contributed by atoms with E-state index in [1.807, 2.05) is 0 Å². The molecule has 1 N–H and O–H groups in total. The minimum atomic E-state index is -4.33. The van der Waals surface area contributed by atoms with E-state index in [0.29, 0.717) is 6.29 Å². The van der Waals surface area contributed by atoms with Crippen LogP contribution in [-0.2, 0) is 10.1 Å². The van der Waals surface area contributed by atoms with Crippen LogP contribution in [0.4, 0.5) is 0 Å². The largest absolute Gasteiger partial charge is 0.453 e. The monoisotopic (exact) mass is 252 g/mol. The first-order valence-corrected chi connectivity index (χ1v) is 6.08. The lowest BCUT2D eigenvalue weighted by molar-refractivity contribution is 0.110. The fourth-order valence-electron chi connectivity index (χ4n) is 1.46. The predicted octanol–water partition coefficient (Wildman–Crippen LogP) is 2.01. The highest BCUT2D eigenvalue weighted by Crippen LogP contribution is 2.28. The summed E-state index contributed by atoms with van der Waals surface area (Å²) in [5.41, 5.74) is 0.211. The zero-order valence-electron chi connectivity index (χ0n) is 8.53. The Balaban J connectivity index is 2.63. The molecule has 1 aromatic carbocycles. The standard InChI is InChI=1S/C11H8O5S/c12-7-8-5-6-10(16-8)9-3-1-2-4-11(9)17(13,14)15/h1-7H,(H,13,14,15). The van der Waals surface area contributed by atoms with E-state index >= 15 is 0 Å². The Morgan fingerprint density at radius 1 is 1.12 bits per heavy atom. The van der Waals surface area contributed by atoms with Crippen LogP contribution in [0, 0.1) is 0 Å². The molecule has 0 spiro atoms. The van der Waals surface area contributed by atoms with Crippen molar-refractivity contribution in [2.45, 2.75) is 4.90 Å². The van der Waals surface area contributed by atoms with Crippen molar-refractivity contribution >= 4 is 16.4 Å². The summed E-state index contributed by atoms with van der Waals surface area (Å²) in [5, 5.41) is 0. The van der Waals surface area contributed by atoms with Crippen molar-refractivity contribution in [3.8, 4) is 11.3 Å². The third-order valence-corrected chi connectivity index (χ3v) is 3.09. The molecule has 0 radical (unpaired) electrons. The van der Waals surface area contributed by atoms with Crippen LogP contribution >= 0.6 is 0 Å². The predicted molar refractivity (Wildman–Crippen MR) is 59.3 cm³/mol. The molecular formula is C11H8O5S. The number of carbonyl (C=O) groups is 1. The Morgan fingerprint density at radius 2 is 1.82 bits per heavy atom. The molecule has 88 valence electrons. The number of benzene rings is 1. The second-order valence-electron chi connectivity index (χ2n) is 3.29. The van der Waals surface area contributed by atoms with Crippen molar-refractivity contribution in [1.29, 1.82) is 0 Å².